The number of halogens is 1. The third-order valence-electron chi connectivity index (χ3n) is 2.43. The van der Waals surface area contributed by atoms with Gasteiger partial charge in [-0.3, -0.25) is 0 Å². The summed E-state index contributed by atoms with van der Waals surface area (Å²) in [6.45, 7) is 6.57. The third-order valence-corrected chi connectivity index (χ3v) is 2.43. The zero-order valence-electron chi connectivity index (χ0n) is 10.2. The summed E-state index contributed by atoms with van der Waals surface area (Å²) in [4.78, 5) is 0. The lowest BCUT2D eigenvalue weighted by atomic mass is 10.1. The van der Waals surface area contributed by atoms with Crippen molar-refractivity contribution in [2.45, 2.75) is 33.2 Å². The van der Waals surface area contributed by atoms with E-state index in [0.717, 1.165) is 12.0 Å². The minimum absolute atomic E-state index is 0.218. The summed E-state index contributed by atoms with van der Waals surface area (Å²) in [6, 6.07) is 4.64. The van der Waals surface area contributed by atoms with E-state index in [0.29, 0.717) is 18.3 Å². The van der Waals surface area contributed by atoms with Gasteiger partial charge in [0.1, 0.15) is 0 Å². The molecule has 3 heteroatoms. The molecule has 1 rings (SSSR count). The number of nitrogens with two attached hydrogens (primary N) is 1. The fraction of sp³-hybridized carbons (Fsp3) is 0.538. The van der Waals surface area contributed by atoms with Crippen LogP contribution in [-0.2, 0) is 0 Å². The van der Waals surface area contributed by atoms with Crippen molar-refractivity contribution in [1.29, 1.82) is 0 Å². The topological polar surface area (TPSA) is 35.2 Å². The highest BCUT2D eigenvalue weighted by Crippen LogP contribution is 2.27. The molecule has 16 heavy (non-hydrogen) atoms. The van der Waals surface area contributed by atoms with Crippen LogP contribution in [0.4, 0.5) is 4.39 Å². The van der Waals surface area contributed by atoms with Gasteiger partial charge in [0.25, 0.3) is 0 Å². The Morgan fingerprint density at radius 2 is 2.00 bits per heavy atom. The van der Waals surface area contributed by atoms with Crippen LogP contribution in [0, 0.1) is 11.7 Å². The standard InChI is InChI=1S/C13H20FNO/c1-9(2)7-8-16-13-11(10(3)15)5-4-6-12(13)14/h4-6,9-10H,7-8,15H2,1-3H3/t10-/m1/s1. The molecule has 90 valence electrons. The molecule has 0 aliphatic carbocycles. The Balaban J connectivity index is 2.76. The minimum Gasteiger partial charge on any atom is -0.490 e. The normalized spacial score (nSPS) is 12.9. The van der Waals surface area contributed by atoms with Gasteiger partial charge in [0.2, 0.25) is 0 Å². The number of hydrogen-bond donors (Lipinski definition) is 1. The van der Waals surface area contributed by atoms with E-state index >= 15 is 0 Å². The molecule has 2 nitrogen and oxygen atoms in total. The fourth-order valence-electron chi connectivity index (χ4n) is 1.43. The molecule has 0 spiro atoms. The van der Waals surface area contributed by atoms with Crippen molar-refractivity contribution in [2.24, 2.45) is 11.7 Å². The van der Waals surface area contributed by atoms with E-state index in [9.17, 15) is 4.39 Å². The Hall–Kier alpha value is -1.09. The van der Waals surface area contributed by atoms with Gasteiger partial charge in [-0.2, -0.15) is 0 Å². The second-order valence-corrected chi connectivity index (χ2v) is 4.48. The summed E-state index contributed by atoms with van der Waals surface area (Å²) in [5.41, 5.74) is 6.49. The summed E-state index contributed by atoms with van der Waals surface area (Å²) in [5.74, 6) is 0.516. The van der Waals surface area contributed by atoms with E-state index in [2.05, 4.69) is 13.8 Å². The molecule has 0 radical (unpaired) electrons. The molecule has 0 unspecified atom stereocenters. The number of ether oxygens (including phenoxy) is 1. The van der Waals surface area contributed by atoms with Gasteiger partial charge in [0.05, 0.1) is 6.61 Å². The van der Waals surface area contributed by atoms with E-state index < -0.39 is 0 Å². The summed E-state index contributed by atoms with van der Waals surface area (Å²) >= 11 is 0. The summed E-state index contributed by atoms with van der Waals surface area (Å²) in [6.07, 6.45) is 0.909. The second kappa shape index (κ2) is 5.85. The molecule has 0 aliphatic heterocycles. The van der Waals surface area contributed by atoms with Crippen molar-refractivity contribution in [3.8, 4) is 5.75 Å². The van der Waals surface area contributed by atoms with Crippen LogP contribution in [0.25, 0.3) is 0 Å². The van der Waals surface area contributed by atoms with Gasteiger partial charge in [-0.05, 0) is 25.3 Å². The lowest BCUT2D eigenvalue weighted by Crippen LogP contribution is -2.10. The van der Waals surface area contributed by atoms with Gasteiger partial charge < -0.3 is 10.5 Å². The predicted octanol–water partition coefficient (Wildman–Crippen LogP) is 3.27. The SMILES string of the molecule is CC(C)CCOc1c(F)cccc1[C@@H](C)N. The molecule has 0 aliphatic rings. The lowest BCUT2D eigenvalue weighted by molar-refractivity contribution is 0.273. The van der Waals surface area contributed by atoms with Crippen LogP contribution in [0.2, 0.25) is 0 Å². The highest BCUT2D eigenvalue weighted by Gasteiger charge is 2.12. The first-order valence-corrected chi connectivity index (χ1v) is 5.69. The van der Waals surface area contributed by atoms with Crippen LogP contribution in [-0.4, -0.2) is 6.61 Å². The Morgan fingerprint density at radius 3 is 2.56 bits per heavy atom. The van der Waals surface area contributed by atoms with Crippen LogP contribution in [0.15, 0.2) is 18.2 Å². The number of benzene rings is 1. The van der Waals surface area contributed by atoms with Gasteiger partial charge in [0.15, 0.2) is 11.6 Å². The molecular formula is C13H20FNO. The van der Waals surface area contributed by atoms with Gasteiger partial charge in [-0.15, -0.1) is 0 Å². The van der Waals surface area contributed by atoms with Gasteiger partial charge in [-0.25, -0.2) is 4.39 Å². The highest BCUT2D eigenvalue weighted by atomic mass is 19.1. The molecule has 0 aromatic heterocycles. The predicted molar refractivity (Wildman–Crippen MR) is 64.0 cm³/mol. The Bertz CT molecular complexity index is 337. The first kappa shape index (κ1) is 13.0. The molecule has 0 fully saturated rings. The number of para-hydroxylation sites is 1. The molecule has 2 N–H and O–H groups in total. The average Bonchev–Trinajstić information content (AvgIpc) is 2.19. The van der Waals surface area contributed by atoms with E-state index in [4.69, 9.17) is 10.5 Å². The second-order valence-electron chi connectivity index (χ2n) is 4.48. The average molecular weight is 225 g/mol. The van der Waals surface area contributed by atoms with Crippen LogP contribution in [0.5, 0.6) is 5.75 Å². The van der Waals surface area contributed by atoms with Crippen molar-refractivity contribution >= 4 is 0 Å². The summed E-state index contributed by atoms with van der Waals surface area (Å²) < 4.78 is 19.0. The molecular weight excluding hydrogens is 205 g/mol. The first-order valence-electron chi connectivity index (χ1n) is 5.69. The van der Waals surface area contributed by atoms with Crippen molar-refractivity contribution in [3.63, 3.8) is 0 Å². The molecule has 1 aromatic rings. The molecule has 0 saturated heterocycles. The van der Waals surface area contributed by atoms with Crippen molar-refractivity contribution in [2.75, 3.05) is 6.61 Å². The summed E-state index contributed by atoms with van der Waals surface area (Å²) in [7, 11) is 0. The molecule has 0 amide bonds. The smallest absolute Gasteiger partial charge is 0.165 e. The van der Waals surface area contributed by atoms with Gasteiger partial charge in [0, 0.05) is 11.6 Å². The quantitative estimate of drug-likeness (QED) is 0.834. The Kier molecular flexibility index (Phi) is 4.74. The number of hydrogen-bond acceptors (Lipinski definition) is 2. The van der Waals surface area contributed by atoms with Crippen LogP contribution >= 0.6 is 0 Å². The van der Waals surface area contributed by atoms with Crippen LogP contribution in [0.1, 0.15) is 38.8 Å². The summed E-state index contributed by atoms with van der Waals surface area (Å²) in [5, 5.41) is 0. The van der Waals surface area contributed by atoms with E-state index in [1.165, 1.54) is 6.07 Å². The zero-order valence-corrected chi connectivity index (χ0v) is 10.2. The maximum Gasteiger partial charge on any atom is 0.165 e. The monoisotopic (exact) mass is 225 g/mol. The first-order chi connectivity index (χ1) is 7.52. The molecule has 0 saturated carbocycles. The Morgan fingerprint density at radius 1 is 1.31 bits per heavy atom. The van der Waals surface area contributed by atoms with Gasteiger partial charge in [-0.1, -0.05) is 26.0 Å². The van der Waals surface area contributed by atoms with E-state index in [1.54, 1.807) is 12.1 Å². The fourth-order valence-corrected chi connectivity index (χ4v) is 1.43. The Labute approximate surface area is 96.6 Å². The maximum atomic E-state index is 13.6. The zero-order chi connectivity index (χ0) is 12.1. The molecule has 1 atom stereocenters. The van der Waals surface area contributed by atoms with Crippen molar-refractivity contribution in [1.82, 2.24) is 0 Å². The third kappa shape index (κ3) is 3.49. The lowest BCUT2D eigenvalue weighted by Gasteiger charge is -2.15. The van der Waals surface area contributed by atoms with Crippen molar-refractivity contribution < 1.29 is 9.13 Å². The minimum atomic E-state index is -0.335. The van der Waals surface area contributed by atoms with Crippen molar-refractivity contribution in [3.05, 3.63) is 29.6 Å². The molecule has 0 bridgehead atoms. The van der Waals surface area contributed by atoms with Gasteiger partial charge >= 0.3 is 0 Å². The highest BCUT2D eigenvalue weighted by molar-refractivity contribution is 5.36. The van der Waals surface area contributed by atoms with Crippen LogP contribution < -0.4 is 10.5 Å². The van der Waals surface area contributed by atoms with Crippen LogP contribution in [0.3, 0.4) is 0 Å². The largest absolute Gasteiger partial charge is 0.490 e. The molecule has 0 heterocycles. The molecule has 1 aromatic carbocycles. The maximum absolute atomic E-state index is 13.6. The number of rotatable bonds is 5. The van der Waals surface area contributed by atoms with E-state index in [1.807, 2.05) is 6.92 Å². The van der Waals surface area contributed by atoms with E-state index in [-0.39, 0.29) is 11.9 Å².